The smallest absolute Gasteiger partial charge is 0.183 e. The molecule has 0 spiro atoms. The van der Waals surface area contributed by atoms with Crippen LogP contribution in [0.1, 0.15) is 5.69 Å². The summed E-state index contributed by atoms with van der Waals surface area (Å²) >= 11 is 0. The van der Waals surface area contributed by atoms with E-state index in [1.807, 2.05) is 12.1 Å². The van der Waals surface area contributed by atoms with Crippen LogP contribution in [0.2, 0.25) is 0 Å². The standard InChI is InChI=1S/C9H10N2O/c1-7(12-8(2)10)9-5-3-4-6-11-9/h3-6H,1-2,10H2. The molecule has 0 saturated heterocycles. The van der Waals surface area contributed by atoms with Crippen molar-refractivity contribution >= 4 is 5.76 Å². The van der Waals surface area contributed by atoms with Crippen LogP contribution in [0.3, 0.4) is 0 Å². The fourth-order valence-corrected chi connectivity index (χ4v) is 0.738. The summed E-state index contributed by atoms with van der Waals surface area (Å²) in [5, 5.41) is 0. The Morgan fingerprint density at radius 2 is 2.17 bits per heavy atom. The van der Waals surface area contributed by atoms with Gasteiger partial charge in [-0.25, -0.2) is 0 Å². The molecule has 62 valence electrons. The average molecular weight is 162 g/mol. The van der Waals surface area contributed by atoms with Crippen molar-refractivity contribution in [3.63, 3.8) is 0 Å². The van der Waals surface area contributed by atoms with Gasteiger partial charge >= 0.3 is 0 Å². The number of rotatable bonds is 3. The van der Waals surface area contributed by atoms with Gasteiger partial charge in [0, 0.05) is 6.20 Å². The van der Waals surface area contributed by atoms with Gasteiger partial charge in [-0.1, -0.05) is 12.6 Å². The van der Waals surface area contributed by atoms with Gasteiger partial charge in [-0.2, -0.15) is 0 Å². The Morgan fingerprint density at radius 3 is 2.67 bits per heavy atom. The lowest BCUT2D eigenvalue weighted by molar-refractivity contribution is 0.379. The zero-order valence-electron chi connectivity index (χ0n) is 6.66. The second kappa shape index (κ2) is 3.57. The van der Waals surface area contributed by atoms with Gasteiger partial charge in [-0.05, 0) is 18.7 Å². The van der Waals surface area contributed by atoms with E-state index in [-0.39, 0.29) is 5.88 Å². The summed E-state index contributed by atoms with van der Waals surface area (Å²) in [6, 6.07) is 5.44. The number of pyridine rings is 1. The Morgan fingerprint density at radius 1 is 1.42 bits per heavy atom. The summed E-state index contributed by atoms with van der Waals surface area (Å²) in [6.45, 7) is 7.03. The summed E-state index contributed by atoms with van der Waals surface area (Å²) in [6.07, 6.45) is 1.66. The minimum Gasteiger partial charge on any atom is -0.441 e. The van der Waals surface area contributed by atoms with E-state index in [9.17, 15) is 0 Å². The Hall–Kier alpha value is -1.77. The van der Waals surface area contributed by atoms with Crippen LogP contribution < -0.4 is 5.73 Å². The fourth-order valence-electron chi connectivity index (χ4n) is 0.738. The minimum atomic E-state index is 0.116. The normalized spacial score (nSPS) is 9.00. The summed E-state index contributed by atoms with van der Waals surface area (Å²) < 4.78 is 4.96. The van der Waals surface area contributed by atoms with E-state index in [4.69, 9.17) is 10.5 Å². The first-order valence-electron chi connectivity index (χ1n) is 3.42. The number of hydrogen-bond donors (Lipinski definition) is 1. The maximum atomic E-state index is 5.23. The van der Waals surface area contributed by atoms with Crippen LogP contribution in [0, 0.1) is 0 Å². The molecule has 0 saturated carbocycles. The molecule has 3 heteroatoms. The van der Waals surface area contributed by atoms with Crippen LogP contribution in [0.15, 0.2) is 43.4 Å². The fraction of sp³-hybridized carbons (Fsp3) is 0. The Labute approximate surface area is 71.2 Å². The molecule has 12 heavy (non-hydrogen) atoms. The second-order valence-electron chi connectivity index (χ2n) is 2.21. The first kappa shape index (κ1) is 8.33. The molecule has 1 aromatic rings. The number of nitrogens with zero attached hydrogens (tertiary/aromatic N) is 1. The zero-order valence-corrected chi connectivity index (χ0v) is 6.66. The minimum absolute atomic E-state index is 0.116. The van der Waals surface area contributed by atoms with E-state index in [1.54, 1.807) is 12.3 Å². The molecule has 0 aromatic carbocycles. The third-order valence-electron chi connectivity index (χ3n) is 1.20. The highest BCUT2D eigenvalue weighted by Crippen LogP contribution is 2.10. The molecule has 3 nitrogen and oxygen atoms in total. The van der Waals surface area contributed by atoms with Crippen molar-refractivity contribution in [2.24, 2.45) is 5.73 Å². The molecule has 1 heterocycles. The van der Waals surface area contributed by atoms with Crippen LogP contribution in [0.4, 0.5) is 0 Å². The number of hydrogen-bond acceptors (Lipinski definition) is 3. The molecule has 1 rings (SSSR count). The summed E-state index contributed by atoms with van der Waals surface area (Å²) in [5.74, 6) is 0.522. The van der Waals surface area contributed by atoms with Gasteiger partial charge in [0.1, 0.15) is 11.5 Å². The predicted molar refractivity (Wildman–Crippen MR) is 47.7 cm³/mol. The highest BCUT2D eigenvalue weighted by molar-refractivity contribution is 5.53. The lowest BCUT2D eigenvalue weighted by Crippen LogP contribution is -2.00. The van der Waals surface area contributed by atoms with Crippen molar-refractivity contribution in [1.29, 1.82) is 0 Å². The number of nitrogens with two attached hydrogens (primary N) is 1. The molecule has 0 amide bonds. The van der Waals surface area contributed by atoms with Gasteiger partial charge in [0.15, 0.2) is 5.88 Å². The molecule has 0 bridgehead atoms. The highest BCUT2D eigenvalue weighted by atomic mass is 16.5. The molecule has 0 fully saturated rings. The Balaban J connectivity index is 2.73. The largest absolute Gasteiger partial charge is 0.441 e. The monoisotopic (exact) mass is 162 g/mol. The van der Waals surface area contributed by atoms with Crippen molar-refractivity contribution in [2.75, 3.05) is 0 Å². The van der Waals surface area contributed by atoms with Gasteiger partial charge in [-0.3, -0.25) is 4.98 Å². The van der Waals surface area contributed by atoms with E-state index >= 15 is 0 Å². The Bertz CT molecular complexity index is 293. The van der Waals surface area contributed by atoms with Gasteiger partial charge < -0.3 is 10.5 Å². The van der Waals surface area contributed by atoms with Crippen LogP contribution in [0.5, 0.6) is 0 Å². The van der Waals surface area contributed by atoms with Gasteiger partial charge in [0.05, 0.1) is 0 Å². The number of aromatic nitrogens is 1. The van der Waals surface area contributed by atoms with Crippen molar-refractivity contribution in [2.45, 2.75) is 0 Å². The molecule has 0 aliphatic heterocycles. The molecule has 0 radical (unpaired) electrons. The molecule has 0 aliphatic rings. The first-order valence-corrected chi connectivity index (χ1v) is 3.42. The summed E-state index contributed by atoms with van der Waals surface area (Å²) in [4.78, 5) is 4.01. The van der Waals surface area contributed by atoms with Crippen LogP contribution in [0.25, 0.3) is 5.76 Å². The SMILES string of the molecule is C=C(N)OC(=C)c1ccccn1. The van der Waals surface area contributed by atoms with Crippen molar-refractivity contribution in [3.05, 3.63) is 49.1 Å². The van der Waals surface area contributed by atoms with E-state index in [0.29, 0.717) is 11.5 Å². The lowest BCUT2D eigenvalue weighted by Gasteiger charge is -2.05. The molecule has 2 N–H and O–H groups in total. The zero-order chi connectivity index (χ0) is 8.97. The van der Waals surface area contributed by atoms with E-state index in [2.05, 4.69) is 18.1 Å². The van der Waals surface area contributed by atoms with Crippen molar-refractivity contribution < 1.29 is 4.74 Å². The van der Waals surface area contributed by atoms with Crippen LogP contribution in [-0.2, 0) is 4.74 Å². The van der Waals surface area contributed by atoms with Crippen LogP contribution >= 0.6 is 0 Å². The molecule has 0 unspecified atom stereocenters. The maximum Gasteiger partial charge on any atom is 0.183 e. The van der Waals surface area contributed by atoms with Crippen molar-refractivity contribution in [1.82, 2.24) is 4.98 Å². The van der Waals surface area contributed by atoms with Gasteiger partial charge in [0.2, 0.25) is 0 Å². The second-order valence-corrected chi connectivity index (χ2v) is 2.21. The average Bonchev–Trinajstić information content (AvgIpc) is 2.05. The van der Waals surface area contributed by atoms with E-state index < -0.39 is 0 Å². The predicted octanol–water partition coefficient (Wildman–Crippen LogP) is 1.50. The highest BCUT2D eigenvalue weighted by Gasteiger charge is 1.99. The Kier molecular flexibility index (Phi) is 2.48. The third kappa shape index (κ3) is 2.12. The van der Waals surface area contributed by atoms with Gasteiger partial charge in [0.25, 0.3) is 0 Å². The summed E-state index contributed by atoms with van der Waals surface area (Å²) in [5.41, 5.74) is 5.88. The summed E-state index contributed by atoms with van der Waals surface area (Å²) in [7, 11) is 0. The number of ether oxygens (including phenoxy) is 1. The van der Waals surface area contributed by atoms with E-state index in [1.165, 1.54) is 0 Å². The molecular weight excluding hydrogens is 152 g/mol. The quantitative estimate of drug-likeness (QED) is 0.685. The topological polar surface area (TPSA) is 48.1 Å². The van der Waals surface area contributed by atoms with Crippen LogP contribution in [-0.4, -0.2) is 4.98 Å². The molecular formula is C9H10N2O. The maximum absolute atomic E-state index is 5.23. The molecule has 0 atom stereocenters. The molecule has 1 aromatic heterocycles. The van der Waals surface area contributed by atoms with Gasteiger partial charge in [-0.15, -0.1) is 0 Å². The molecule has 0 aliphatic carbocycles. The lowest BCUT2D eigenvalue weighted by atomic mass is 10.3. The van der Waals surface area contributed by atoms with E-state index in [0.717, 1.165) is 0 Å². The first-order chi connectivity index (χ1) is 5.70. The third-order valence-corrected chi connectivity index (χ3v) is 1.20. The van der Waals surface area contributed by atoms with Crippen molar-refractivity contribution in [3.8, 4) is 0 Å².